The van der Waals surface area contributed by atoms with Gasteiger partial charge in [-0.05, 0) is 36.5 Å². The largest absolute Gasteiger partial charge is 0.366 e. The summed E-state index contributed by atoms with van der Waals surface area (Å²) in [6.45, 7) is 4.39. The number of pyridine rings is 1. The Hall–Kier alpha value is -0.680. The number of nitrogens with two attached hydrogens (primary N) is 1. The zero-order valence-electron chi connectivity index (χ0n) is 13.1. The van der Waals surface area contributed by atoms with Gasteiger partial charge < -0.3 is 5.73 Å². The predicted octanol–water partition coefficient (Wildman–Crippen LogP) is 4.75. The maximum absolute atomic E-state index is 11.4. The van der Waals surface area contributed by atoms with Gasteiger partial charge in [-0.2, -0.15) is 0 Å². The Bertz CT molecular complexity index is 438. The molecule has 0 bridgehead atoms. The Balaban J connectivity index is 2.61. The molecule has 0 aliphatic heterocycles. The summed E-state index contributed by atoms with van der Waals surface area (Å²) in [5, 5.41) is 1.83. The molecule has 1 heterocycles. The third-order valence-electron chi connectivity index (χ3n) is 3.06. The van der Waals surface area contributed by atoms with Crippen molar-refractivity contribution < 1.29 is 4.79 Å². The molecule has 0 unspecified atom stereocenters. The molecule has 5 heteroatoms. The minimum absolute atomic E-state index is 0.373. The van der Waals surface area contributed by atoms with Gasteiger partial charge in [0.25, 0.3) is 0 Å². The molecule has 1 rings (SSSR count). The Morgan fingerprint density at radius 2 is 1.57 bits per heavy atom. The van der Waals surface area contributed by atoms with E-state index in [1.54, 1.807) is 23.5 Å². The van der Waals surface area contributed by atoms with Crippen LogP contribution in [0.25, 0.3) is 0 Å². The molecule has 1 aromatic heterocycles. The van der Waals surface area contributed by atoms with E-state index in [0.29, 0.717) is 5.56 Å². The molecular weight excluding hydrogens is 300 g/mol. The summed E-state index contributed by atoms with van der Waals surface area (Å²) in [5.41, 5.74) is 5.99. The van der Waals surface area contributed by atoms with Crippen molar-refractivity contribution in [3.05, 3.63) is 17.7 Å². The van der Waals surface area contributed by atoms with Crippen LogP contribution in [0.5, 0.6) is 0 Å². The minimum Gasteiger partial charge on any atom is -0.366 e. The molecule has 0 radical (unpaired) electrons. The van der Waals surface area contributed by atoms with E-state index in [0.717, 1.165) is 28.0 Å². The van der Waals surface area contributed by atoms with Crippen molar-refractivity contribution in [2.75, 3.05) is 11.5 Å². The summed E-state index contributed by atoms with van der Waals surface area (Å²) in [6, 6.07) is 3.63. The maximum atomic E-state index is 11.4. The number of rotatable bonds is 11. The number of carbonyl (C=O) groups is 1. The van der Waals surface area contributed by atoms with Crippen LogP contribution in [0.15, 0.2) is 22.2 Å². The molecular formula is C16H26N2OS2. The summed E-state index contributed by atoms with van der Waals surface area (Å²) in [6.07, 6.45) is 7.32. The SMILES string of the molecule is CCCCCCSc1cc(C(N)=O)cc(SCCCC)n1. The van der Waals surface area contributed by atoms with Crippen LogP contribution in [-0.2, 0) is 0 Å². The molecule has 118 valence electrons. The highest BCUT2D eigenvalue weighted by atomic mass is 32.2. The Labute approximate surface area is 136 Å². The highest BCUT2D eigenvalue weighted by molar-refractivity contribution is 7.99. The standard InChI is InChI=1S/C16H26N2OS2/c1-3-5-7-8-10-21-15-12-13(16(17)19)11-14(18-15)20-9-6-4-2/h11-12H,3-10H2,1-2H3,(H2,17,19). The molecule has 21 heavy (non-hydrogen) atoms. The van der Waals surface area contributed by atoms with Crippen LogP contribution in [0.3, 0.4) is 0 Å². The molecule has 0 saturated heterocycles. The van der Waals surface area contributed by atoms with Gasteiger partial charge in [0.15, 0.2) is 0 Å². The highest BCUT2D eigenvalue weighted by Gasteiger charge is 2.08. The molecule has 0 aromatic carbocycles. The minimum atomic E-state index is -0.373. The number of aromatic nitrogens is 1. The van der Waals surface area contributed by atoms with Crippen LogP contribution in [0.2, 0.25) is 0 Å². The van der Waals surface area contributed by atoms with Gasteiger partial charge in [-0.3, -0.25) is 4.79 Å². The third kappa shape index (κ3) is 7.77. The zero-order chi connectivity index (χ0) is 15.5. The van der Waals surface area contributed by atoms with Crippen molar-refractivity contribution >= 4 is 29.4 Å². The Morgan fingerprint density at radius 3 is 2.10 bits per heavy atom. The fourth-order valence-electron chi connectivity index (χ4n) is 1.80. The van der Waals surface area contributed by atoms with E-state index < -0.39 is 0 Å². The van der Waals surface area contributed by atoms with E-state index in [2.05, 4.69) is 18.8 Å². The highest BCUT2D eigenvalue weighted by Crippen LogP contribution is 2.25. The first-order valence-corrected chi connectivity index (χ1v) is 9.72. The number of amides is 1. The fourth-order valence-corrected chi connectivity index (χ4v) is 3.80. The average molecular weight is 327 g/mol. The fraction of sp³-hybridized carbons (Fsp3) is 0.625. The molecule has 1 aromatic rings. The van der Waals surface area contributed by atoms with Gasteiger partial charge in [0.05, 0.1) is 10.1 Å². The molecule has 0 aliphatic rings. The second-order valence-corrected chi connectivity index (χ2v) is 7.24. The second kappa shape index (κ2) is 11.0. The predicted molar refractivity (Wildman–Crippen MR) is 93.3 cm³/mol. The van der Waals surface area contributed by atoms with Gasteiger partial charge in [0.2, 0.25) is 5.91 Å². The average Bonchev–Trinajstić information content (AvgIpc) is 2.47. The maximum Gasteiger partial charge on any atom is 0.248 e. The smallest absolute Gasteiger partial charge is 0.248 e. The van der Waals surface area contributed by atoms with Crippen molar-refractivity contribution in [3.8, 4) is 0 Å². The van der Waals surface area contributed by atoms with E-state index in [9.17, 15) is 4.79 Å². The molecule has 0 fully saturated rings. The molecule has 1 amide bonds. The molecule has 0 saturated carbocycles. The molecule has 0 aliphatic carbocycles. The number of hydrogen-bond donors (Lipinski definition) is 1. The van der Waals surface area contributed by atoms with Crippen LogP contribution >= 0.6 is 23.5 Å². The topological polar surface area (TPSA) is 56.0 Å². The van der Waals surface area contributed by atoms with Crippen molar-refractivity contribution in [2.45, 2.75) is 62.4 Å². The zero-order valence-corrected chi connectivity index (χ0v) is 14.7. The number of unbranched alkanes of at least 4 members (excludes halogenated alkanes) is 4. The Morgan fingerprint density at radius 1 is 1.00 bits per heavy atom. The summed E-state index contributed by atoms with van der Waals surface area (Å²) < 4.78 is 0. The van der Waals surface area contributed by atoms with Crippen molar-refractivity contribution in [1.29, 1.82) is 0 Å². The van der Waals surface area contributed by atoms with Gasteiger partial charge >= 0.3 is 0 Å². The van der Waals surface area contributed by atoms with Crippen molar-refractivity contribution in [3.63, 3.8) is 0 Å². The van der Waals surface area contributed by atoms with Gasteiger partial charge in [0, 0.05) is 5.56 Å². The van der Waals surface area contributed by atoms with Crippen LogP contribution < -0.4 is 5.73 Å². The normalized spacial score (nSPS) is 10.8. The summed E-state index contributed by atoms with van der Waals surface area (Å²) >= 11 is 3.43. The van der Waals surface area contributed by atoms with Crippen LogP contribution in [-0.4, -0.2) is 22.4 Å². The number of hydrogen-bond acceptors (Lipinski definition) is 4. The van der Waals surface area contributed by atoms with Crippen LogP contribution in [0.1, 0.15) is 62.7 Å². The van der Waals surface area contributed by atoms with E-state index in [-0.39, 0.29) is 5.91 Å². The van der Waals surface area contributed by atoms with Crippen LogP contribution in [0, 0.1) is 0 Å². The lowest BCUT2D eigenvalue weighted by molar-refractivity contribution is 0.0999. The number of primary amides is 1. The lowest BCUT2D eigenvalue weighted by Crippen LogP contribution is -2.11. The van der Waals surface area contributed by atoms with E-state index in [1.165, 1.54) is 32.1 Å². The van der Waals surface area contributed by atoms with Gasteiger partial charge in [-0.1, -0.05) is 39.5 Å². The first-order valence-electron chi connectivity index (χ1n) is 7.74. The monoisotopic (exact) mass is 326 g/mol. The Kier molecular flexibility index (Phi) is 9.59. The van der Waals surface area contributed by atoms with Gasteiger partial charge in [-0.25, -0.2) is 4.98 Å². The first kappa shape index (κ1) is 18.4. The van der Waals surface area contributed by atoms with Crippen molar-refractivity contribution in [2.24, 2.45) is 5.73 Å². The molecule has 2 N–H and O–H groups in total. The number of thioether (sulfide) groups is 2. The first-order chi connectivity index (χ1) is 10.2. The number of carbonyl (C=O) groups excluding carboxylic acids is 1. The molecule has 0 atom stereocenters. The van der Waals surface area contributed by atoms with Gasteiger partial charge in [0.1, 0.15) is 0 Å². The van der Waals surface area contributed by atoms with E-state index >= 15 is 0 Å². The van der Waals surface area contributed by atoms with Crippen molar-refractivity contribution in [1.82, 2.24) is 4.98 Å². The summed E-state index contributed by atoms with van der Waals surface area (Å²) in [5.74, 6) is 1.71. The molecule has 3 nitrogen and oxygen atoms in total. The lowest BCUT2D eigenvalue weighted by Gasteiger charge is -2.07. The lowest BCUT2D eigenvalue weighted by atomic mass is 10.2. The summed E-state index contributed by atoms with van der Waals surface area (Å²) in [4.78, 5) is 16.0. The van der Waals surface area contributed by atoms with E-state index in [4.69, 9.17) is 5.73 Å². The second-order valence-electron chi connectivity index (χ2n) is 5.01. The van der Waals surface area contributed by atoms with Crippen LogP contribution in [0.4, 0.5) is 0 Å². The third-order valence-corrected chi connectivity index (χ3v) is 5.05. The quantitative estimate of drug-likeness (QED) is 0.471. The summed E-state index contributed by atoms with van der Waals surface area (Å²) in [7, 11) is 0. The van der Waals surface area contributed by atoms with Gasteiger partial charge in [-0.15, -0.1) is 23.5 Å². The van der Waals surface area contributed by atoms with E-state index in [1.807, 2.05) is 12.1 Å². The molecule has 0 spiro atoms. The number of nitrogens with zero attached hydrogens (tertiary/aromatic N) is 1.